The molecule has 0 fully saturated rings. The number of benzene rings is 7. The smallest absolute Gasteiger partial charge is 0.160 e. The molecule has 0 atom stereocenters. The van der Waals surface area contributed by atoms with E-state index in [4.69, 9.17) is 9.97 Å². The molecular weight excluding hydrogens is 685 g/mol. The van der Waals surface area contributed by atoms with Crippen LogP contribution in [0.25, 0.3) is 78.4 Å². The normalized spacial score (nSPS) is 14.2. The predicted octanol–water partition coefficient (Wildman–Crippen LogP) is 10.4. The molecule has 3 heterocycles. The zero-order valence-corrected chi connectivity index (χ0v) is 33.1. The Balaban J connectivity index is 1.26. The molecule has 1 aromatic heterocycles. The van der Waals surface area contributed by atoms with Gasteiger partial charge in [0, 0.05) is 16.7 Å². The van der Waals surface area contributed by atoms with Gasteiger partial charge >= 0.3 is 0 Å². The number of fused-ring (bicyclic) bond motifs is 6. The Bertz CT molecular complexity index is 2590. The third-order valence-corrected chi connectivity index (χ3v) is 19.0. The third-order valence-electron chi connectivity index (χ3n) is 11.8. The van der Waals surface area contributed by atoms with Gasteiger partial charge in [0.25, 0.3) is 0 Å². The van der Waals surface area contributed by atoms with E-state index in [1.165, 1.54) is 65.3 Å². The molecule has 0 amide bonds. The predicted molar refractivity (Wildman–Crippen MR) is 234 cm³/mol. The lowest BCUT2D eigenvalue weighted by Gasteiger charge is -2.24. The van der Waals surface area contributed by atoms with Crippen LogP contribution in [-0.2, 0) is 0 Å². The summed E-state index contributed by atoms with van der Waals surface area (Å²) in [4.78, 5) is 11.1. The largest absolute Gasteiger partial charge is 0.228 e. The van der Waals surface area contributed by atoms with Crippen LogP contribution in [0.15, 0.2) is 170 Å². The maximum absolute atomic E-state index is 5.57. The van der Waals surface area contributed by atoms with Crippen LogP contribution in [0.1, 0.15) is 0 Å². The summed E-state index contributed by atoms with van der Waals surface area (Å²) in [5.74, 6) is 0.748. The van der Waals surface area contributed by atoms with Crippen LogP contribution in [0, 0.1) is 0 Å². The lowest BCUT2D eigenvalue weighted by atomic mass is 9.95. The Hall–Kier alpha value is -5.95. The van der Waals surface area contributed by atoms with Gasteiger partial charge in [-0.2, -0.15) is 0 Å². The van der Waals surface area contributed by atoms with Crippen LogP contribution in [0.4, 0.5) is 0 Å². The van der Waals surface area contributed by atoms with Crippen molar-refractivity contribution in [1.29, 1.82) is 0 Å². The van der Waals surface area contributed by atoms with E-state index < -0.39 is 16.1 Å². The average Bonchev–Trinajstić information content (AvgIpc) is 3.61. The second kappa shape index (κ2) is 12.3. The zero-order valence-electron chi connectivity index (χ0n) is 31.1. The fraction of sp³-hybridized carbons (Fsp3) is 0.0800. The molecule has 0 saturated heterocycles. The summed E-state index contributed by atoms with van der Waals surface area (Å²) in [7, 11) is -4.09. The van der Waals surface area contributed by atoms with Crippen LogP contribution >= 0.6 is 0 Å². The summed E-state index contributed by atoms with van der Waals surface area (Å²) < 4.78 is 0. The molecule has 10 rings (SSSR count). The highest BCUT2D eigenvalue weighted by molar-refractivity contribution is 7.05. The van der Waals surface area contributed by atoms with Crippen molar-refractivity contribution in [2.45, 2.75) is 26.2 Å². The van der Waals surface area contributed by atoms with Crippen molar-refractivity contribution in [2.75, 3.05) is 0 Å². The molecule has 8 aromatic rings. The van der Waals surface area contributed by atoms with Gasteiger partial charge in [-0.25, -0.2) is 9.97 Å². The molecule has 0 spiro atoms. The van der Waals surface area contributed by atoms with E-state index in [9.17, 15) is 0 Å². The Labute approximate surface area is 319 Å². The second-order valence-electron chi connectivity index (χ2n) is 15.8. The van der Waals surface area contributed by atoms with Crippen LogP contribution in [0.5, 0.6) is 0 Å². The van der Waals surface area contributed by atoms with Crippen LogP contribution in [-0.4, -0.2) is 26.1 Å². The zero-order chi connectivity index (χ0) is 36.6. The highest BCUT2D eigenvalue weighted by Crippen LogP contribution is 2.38. The molecule has 0 saturated carbocycles. The number of nitrogens with zero attached hydrogens (tertiary/aromatic N) is 2. The fourth-order valence-electron chi connectivity index (χ4n) is 9.33. The summed E-state index contributed by atoms with van der Waals surface area (Å²) >= 11 is 0. The molecular formula is C50H40N2Si2. The van der Waals surface area contributed by atoms with E-state index in [1.54, 1.807) is 0 Å². The minimum atomic E-state index is -2.04. The topological polar surface area (TPSA) is 25.8 Å². The van der Waals surface area contributed by atoms with Gasteiger partial charge < -0.3 is 0 Å². The summed E-state index contributed by atoms with van der Waals surface area (Å²) in [6.45, 7) is 9.98. The van der Waals surface area contributed by atoms with E-state index >= 15 is 0 Å². The molecule has 2 aliphatic heterocycles. The number of hydrogen-bond acceptors (Lipinski definition) is 2. The van der Waals surface area contributed by atoms with Gasteiger partial charge in [-0.05, 0) is 89.5 Å². The standard InChI is InChI=1S/C50H40N2Si2/c1-53(2)46-27-13-11-21-38(46)40-23-15-25-42(48(40)53)44-32-45(43-26-16-24-41-39-22-12-14-28-47(39)54(3,4)49(41)43)52-50(51-44)37-30-35(33-17-7-5-8-18-33)29-36(31-37)34-19-9-6-10-20-34/h5-32H,1-4H3. The van der Waals surface area contributed by atoms with E-state index in [-0.39, 0.29) is 0 Å². The quantitative estimate of drug-likeness (QED) is 0.165. The molecule has 0 aliphatic carbocycles. The van der Waals surface area contributed by atoms with Crippen molar-refractivity contribution in [1.82, 2.24) is 9.97 Å². The summed E-state index contributed by atoms with van der Waals surface area (Å²) in [6.07, 6.45) is 0. The van der Waals surface area contributed by atoms with Gasteiger partial charge in [0.2, 0.25) is 0 Å². The highest BCUT2D eigenvalue weighted by Gasteiger charge is 2.41. The molecule has 7 aromatic carbocycles. The second-order valence-corrected chi connectivity index (χ2v) is 24.4. The Morgan fingerprint density at radius 1 is 0.315 bits per heavy atom. The van der Waals surface area contributed by atoms with Crippen molar-refractivity contribution < 1.29 is 0 Å². The van der Waals surface area contributed by atoms with Crippen molar-refractivity contribution in [3.05, 3.63) is 170 Å². The molecule has 2 nitrogen and oxygen atoms in total. The van der Waals surface area contributed by atoms with E-state index in [0.717, 1.165) is 33.9 Å². The first kappa shape index (κ1) is 32.7. The molecule has 54 heavy (non-hydrogen) atoms. The van der Waals surface area contributed by atoms with Crippen molar-refractivity contribution >= 4 is 36.9 Å². The Morgan fingerprint density at radius 2 is 0.685 bits per heavy atom. The van der Waals surface area contributed by atoms with Crippen LogP contribution in [0.3, 0.4) is 0 Å². The number of rotatable bonds is 5. The molecule has 0 bridgehead atoms. The van der Waals surface area contributed by atoms with Gasteiger partial charge in [-0.3, -0.25) is 0 Å². The lowest BCUT2D eigenvalue weighted by molar-refractivity contribution is 1.19. The van der Waals surface area contributed by atoms with Gasteiger partial charge in [0.1, 0.15) is 16.1 Å². The first-order valence-electron chi connectivity index (χ1n) is 18.9. The van der Waals surface area contributed by atoms with E-state index in [2.05, 4.69) is 196 Å². The van der Waals surface area contributed by atoms with Crippen molar-refractivity contribution in [3.8, 4) is 78.4 Å². The van der Waals surface area contributed by atoms with Gasteiger partial charge in [-0.15, -0.1) is 0 Å². The Morgan fingerprint density at radius 3 is 1.15 bits per heavy atom. The van der Waals surface area contributed by atoms with E-state index in [0.29, 0.717) is 0 Å². The SMILES string of the molecule is C[Si]1(C)c2ccccc2-c2cccc(-c3cc(-c4cccc5c4[Si](C)(C)c4ccccc4-5)nc(-c4cc(-c5ccccc5)cc(-c5ccccc5)c4)n3)c21. The molecule has 0 radical (unpaired) electrons. The van der Waals surface area contributed by atoms with Crippen molar-refractivity contribution in [2.24, 2.45) is 0 Å². The van der Waals surface area contributed by atoms with Gasteiger partial charge in [0.15, 0.2) is 5.82 Å². The summed E-state index contributed by atoms with van der Waals surface area (Å²) in [5.41, 5.74) is 15.5. The van der Waals surface area contributed by atoms with Gasteiger partial charge in [-0.1, -0.05) is 172 Å². The molecule has 4 heteroatoms. The lowest BCUT2D eigenvalue weighted by Crippen LogP contribution is -2.50. The van der Waals surface area contributed by atoms with Crippen LogP contribution < -0.4 is 20.7 Å². The molecule has 258 valence electrons. The van der Waals surface area contributed by atoms with Crippen molar-refractivity contribution in [3.63, 3.8) is 0 Å². The minimum absolute atomic E-state index is 0.748. The third kappa shape index (κ3) is 5.05. The van der Waals surface area contributed by atoms with Gasteiger partial charge in [0.05, 0.1) is 11.4 Å². The first-order chi connectivity index (χ1) is 26.3. The molecule has 0 N–H and O–H groups in total. The summed E-state index contributed by atoms with van der Waals surface area (Å²) in [5, 5.41) is 5.92. The fourth-order valence-corrected chi connectivity index (χ4v) is 16.2. The minimum Gasteiger partial charge on any atom is -0.228 e. The Kier molecular flexibility index (Phi) is 7.45. The summed E-state index contributed by atoms with van der Waals surface area (Å²) in [6, 6.07) is 62.2. The number of hydrogen-bond donors (Lipinski definition) is 0. The monoisotopic (exact) mass is 724 g/mol. The maximum Gasteiger partial charge on any atom is 0.160 e. The molecule has 2 aliphatic rings. The first-order valence-corrected chi connectivity index (χ1v) is 24.9. The average molecular weight is 725 g/mol. The van der Waals surface area contributed by atoms with Crippen LogP contribution in [0.2, 0.25) is 26.2 Å². The highest BCUT2D eigenvalue weighted by atomic mass is 28.3. The molecule has 0 unspecified atom stereocenters. The maximum atomic E-state index is 5.57. The number of aromatic nitrogens is 2. The van der Waals surface area contributed by atoms with E-state index in [1.807, 2.05) is 0 Å².